The molecule has 176 valence electrons. The Hall–Kier alpha value is -4.12. The first-order valence-corrected chi connectivity index (χ1v) is 11.9. The van der Waals surface area contributed by atoms with Crippen LogP contribution >= 0.6 is 0 Å². The van der Waals surface area contributed by atoms with Crippen LogP contribution in [-0.2, 0) is 0 Å². The maximum atomic E-state index is 5.02. The van der Waals surface area contributed by atoms with E-state index in [1.54, 1.807) is 0 Å². The summed E-state index contributed by atoms with van der Waals surface area (Å²) < 4.78 is 0. The number of hydrogen-bond acceptors (Lipinski definition) is 5. The highest BCUT2D eigenvalue weighted by atomic mass is 15.5. The van der Waals surface area contributed by atoms with Crippen molar-refractivity contribution in [2.24, 2.45) is 5.10 Å². The summed E-state index contributed by atoms with van der Waals surface area (Å²) in [6.07, 6.45) is 5.09. The zero-order chi connectivity index (χ0) is 24.4. The van der Waals surface area contributed by atoms with Crippen LogP contribution < -0.4 is 14.8 Å². The Labute approximate surface area is 207 Å². The highest BCUT2D eigenvalue weighted by molar-refractivity contribution is 6.01. The number of nitrogens with zero attached hydrogens (tertiary/aromatic N) is 5. The molecule has 0 N–H and O–H groups in total. The second-order valence-electron chi connectivity index (χ2n) is 9.32. The molecule has 1 aromatic heterocycles. The molecule has 1 aliphatic heterocycles. The molecule has 0 aliphatic carbocycles. The first-order valence-electron chi connectivity index (χ1n) is 11.9. The molecule has 1 unspecified atom stereocenters. The maximum absolute atomic E-state index is 5.02. The number of hydrogen-bond donors (Lipinski definition) is 0. The van der Waals surface area contributed by atoms with E-state index in [1.165, 1.54) is 16.9 Å². The van der Waals surface area contributed by atoms with Crippen molar-refractivity contribution in [2.45, 2.75) is 12.5 Å². The first kappa shape index (κ1) is 22.7. The second-order valence-corrected chi connectivity index (χ2v) is 9.32. The molecule has 3 aromatic carbocycles. The van der Waals surface area contributed by atoms with Crippen LogP contribution in [0.3, 0.4) is 0 Å². The molecule has 4 aromatic rings. The number of fused-ring (bicyclic) bond motifs is 1. The van der Waals surface area contributed by atoms with Gasteiger partial charge in [-0.15, -0.1) is 0 Å². The Balaban J connectivity index is 1.47. The molecule has 5 heteroatoms. The summed E-state index contributed by atoms with van der Waals surface area (Å²) in [4.78, 5) is 9.16. The average molecular weight is 462 g/mol. The molecule has 35 heavy (non-hydrogen) atoms. The number of hydrazone groups is 1. The van der Waals surface area contributed by atoms with Gasteiger partial charge in [-0.05, 0) is 59.7 Å². The Morgan fingerprint density at radius 3 is 2.09 bits per heavy atom. The highest BCUT2D eigenvalue weighted by Gasteiger charge is 2.29. The van der Waals surface area contributed by atoms with E-state index in [0.717, 1.165) is 34.4 Å². The van der Waals surface area contributed by atoms with Crippen LogP contribution in [-0.4, -0.2) is 38.9 Å². The van der Waals surface area contributed by atoms with Crippen molar-refractivity contribution in [3.63, 3.8) is 0 Å². The van der Waals surface area contributed by atoms with Crippen LogP contribution in [0, 0.1) is 0 Å². The highest BCUT2D eigenvalue weighted by Crippen LogP contribution is 2.36. The van der Waals surface area contributed by atoms with Gasteiger partial charge in [0.25, 0.3) is 0 Å². The van der Waals surface area contributed by atoms with Gasteiger partial charge in [-0.1, -0.05) is 48.5 Å². The van der Waals surface area contributed by atoms with Crippen LogP contribution in [0.4, 0.5) is 17.2 Å². The van der Waals surface area contributed by atoms with Gasteiger partial charge >= 0.3 is 0 Å². The quantitative estimate of drug-likeness (QED) is 0.333. The van der Waals surface area contributed by atoms with E-state index in [-0.39, 0.29) is 6.04 Å². The second kappa shape index (κ2) is 9.63. The van der Waals surface area contributed by atoms with Crippen LogP contribution in [0.2, 0.25) is 0 Å². The minimum absolute atomic E-state index is 0.0932. The van der Waals surface area contributed by atoms with Gasteiger partial charge in [-0.2, -0.15) is 5.10 Å². The number of rotatable bonds is 6. The van der Waals surface area contributed by atoms with Crippen molar-refractivity contribution in [3.05, 3.63) is 102 Å². The summed E-state index contributed by atoms with van der Waals surface area (Å²) in [5.41, 5.74) is 6.78. The van der Waals surface area contributed by atoms with E-state index in [4.69, 9.17) is 10.1 Å². The molecule has 0 fully saturated rings. The smallest absolute Gasteiger partial charge is 0.150 e. The lowest BCUT2D eigenvalue weighted by Gasteiger charge is -2.24. The van der Waals surface area contributed by atoms with Gasteiger partial charge in [0.05, 0.1) is 17.3 Å². The summed E-state index contributed by atoms with van der Waals surface area (Å²) in [5.74, 6) is 0.865. The molecular formula is C30H31N5. The summed E-state index contributed by atoms with van der Waals surface area (Å²) in [7, 11) is 8.23. The molecule has 0 radical (unpaired) electrons. The van der Waals surface area contributed by atoms with Crippen molar-refractivity contribution < 1.29 is 0 Å². The van der Waals surface area contributed by atoms with Gasteiger partial charge in [0.2, 0.25) is 0 Å². The number of pyridine rings is 1. The number of aromatic nitrogens is 1. The predicted molar refractivity (Wildman–Crippen MR) is 150 cm³/mol. The van der Waals surface area contributed by atoms with Crippen LogP contribution in [0.1, 0.15) is 23.6 Å². The minimum atomic E-state index is 0.0932. The average Bonchev–Trinajstić information content (AvgIpc) is 3.32. The van der Waals surface area contributed by atoms with E-state index in [2.05, 4.69) is 128 Å². The molecular weight excluding hydrogens is 430 g/mol. The predicted octanol–water partition coefficient (Wildman–Crippen LogP) is 6.39. The lowest BCUT2D eigenvalue weighted by Crippen LogP contribution is -2.19. The van der Waals surface area contributed by atoms with Crippen molar-refractivity contribution in [1.29, 1.82) is 0 Å². The Morgan fingerprint density at radius 2 is 1.40 bits per heavy atom. The fourth-order valence-electron chi connectivity index (χ4n) is 4.36. The molecule has 1 aliphatic rings. The normalized spacial score (nSPS) is 15.6. The molecule has 0 bridgehead atoms. The zero-order valence-electron chi connectivity index (χ0n) is 20.8. The van der Waals surface area contributed by atoms with E-state index < -0.39 is 0 Å². The number of para-hydroxylation sites is 1. The molecule has 0 saturated heterocycles. The maximum Gasteiger partial charge on any atom is 0.150 e. The Morgan fingerprint density at radius 1 is 0.743 bits per heavy atom. The van der Waals surface area contributed by atoms with Crippen molar-refractivity contribution >= 4 is 39.9 Å². The number of allylic oxidation sites excluding steroid dienone is 1. The van der Waals surface area contributed by atoms with Gasteiger partial charge in [0.1, 0.15) is 5.82 Å². The first-order chi connectivity index (χ1) is 17.0. The van der Waals surface area contributed by atoms with Gasteiger partial charge < -0.3 is 9.80 Å². The SMILES string of the molecule is CN(C)c1ccc(C=CC2=NN(c3ccc4ccccc4n3)C(c3ccc(N(C)C)cc3)C2)cc1. The van der Waals surface area contributed by atoms with Gasteiger partial charge in [0.15, 0.2) is 0 Å². The monoisotopic (exact) mass is 461 g/mol. The third-order valence-corrected chi connectivity index (χ3v) is 6.42. The molecule has 5 nitrogen and oxygen atoms in total. The van der Waals surface area contributed by atoms with Crippen LogP contribution in [0.5, 0.6) is 0 Å². The molecule has 0 spiro atoms. The topological polar surface area (TPSA) is 35.0 Å². The largest absolute Gasteiger partial charge is 0.378 e. The fraction of sp³-hybridized carbons (Fsp3) is 0.200. The van der Waals surface area contributed by atoms with E-state index >= 15 is 0 Å². The summed E-state index contributed by atoms with van der Waals surface area (Å²) in [6, 6.07) is 29.8. The van der Waals surface area contributed by atoms with E-state index in [1.807, 2.05) is 12.1 Å². The molecule has 1 atom stereocenters. The van der Waals surface area contributed by atoms with Crippen molar-refractivity contribution in [2.75, 3.05) is 43.0 Å². The third-order valence-electron chi connectivity index (χ3n) is 6.42. The summed E-state index contributed by atoms with van der Waals surface area (Å²) in [6.45, 7) is 0. The number of benzene rings is 3. The summed E-state index contributed by atoms with van der Waals surface area (Å²) in [5, 5.41) is 8.23. The molecule has 0 saturated carbocycles. The van der Waals surface area contributed by atoms with Crippen molar-refractivity contribution in [1.82, 2.24) is 4.98 Å². The van der Waals surface area contributed by atoms with Crippen molar-refractivity contribution in [3.8, 4) is 0 Å². The summed E-state index contributed by atoms with van der Waals surface area (Å²) >= 11 is 0. The third kappa shape index (κ3) is 4.90. The van der Waals surface area contributed by atoms with Gasteiger partial charge in [-0.25, -0.2) is 9.99 Å². The lowest BCUT2D eigenvalue weighted by atomic mass is 10.0. The molecule has 2 heterocycles. The van der Waals surface area contributed by atoms with Crippen LogP contribution in [0.25, 0.3) is 17.0 Å². The fourth-order valence-corrected chi connectivity index (χ4v) is 4.36. The van der Waals surface area contributed by atoms with E-state index in [9.17, 15) is 0 Å². The van der Waals surface area contributed by atoms with Gasteiger partial charge in [0, 0.05) is 51.4 Å². The Bertz CT molecular complexity index is 1370. The molecule has 0 amide bonds. The van der Waals surface area contributed by atoms with Gasteiger partial charge in [-0.3, -0.25) is 0 Å². The van der Waals surface area contributed by atoms with E-state index in [0.29, 0.717) is 0 Å². The lowest BCUT2D eigenvalue weighted by molar-refractivity contribution is 0.700. The standard InChI is InChI=1S/C30H31N5/c1-33(2)26-16-10-22(11-17-26)9-15-25-21-29(24-12-18-27(19-13-24)34(3)4)35(32-25)30-20-14-23-7-5-6-8-28(23)31-30/h5-20,29H,21H2,1-4H3. The Kier molecular flexibility index (Phi) is 6.23. The zero-order valence-corrected chi connectivity index (χ0v) is 20.8. The molecule has 5 rings (SSSR count). The minimum Gasteiger partial charge on any atom is -0.378 e. The number of anilines is 3. The van der Waals surface area contributed by atoms with Crippen LogP contribution in [0.15, 0.2) is 96.1 Å².